The molecule has 0 heterocycles. The van der Waals surface area contributed by atoms with Crippen molar-refractivity contribution >= 4 is 20.2 Å². The van der Waals surface area contributed by atoms with Crippen LogP contribution >= 0.6 is 17.0 Å². The Labute approximate surface area is 310 Å². The predicted molar refractivity (Wildman–Crippen MR) is 218 cm³/mol. The first-order valence-corrected chi connectivity index (χ1v) is 28.7. The zero-order valence-corrected chi connectivity index (χ0v) is 36.3. The molecule has 3 heteroatoms. The summed E-state index contributed by atoms with van der Waals surface area (Å²) in [4.78, 5) is 0. The van der Waals surface area contributed by atoms with Gasteiger partial charge in [0.05, 0.1) is 0 Å². The predicted octanol–water partition coefficient (Wildman–Crippen LogP) is 14.0. The SMILES string of the molecule is Cc1cc2c(cc1C(C)(C)C)-c1cc(C(C)(C)C)c(C)cc1[CH]2[Zr]([Cl])([Cl])(=[C](C(C)(C)c1ccccc1)C(C)(C)c1ccccc1)[CH]1C=CC=C1. The fourth-order valence-corrected chi connectivity index (χ4v) is 35.4. The topological polar surface area (TPSA) is 0 Å². The van der Waals surface area contributed by atoms with Gasteiger partial charge in [-0.15, -0.1) is 0 Å². The summed E-state index contributed by atoms with van der Waals surface area (Å²) in [6, 6.07) is 31.8. The van der Waals surface area contributed by atoms with Crippen LogP contribution in [0.25, 0.3) is 11.1 Å². The van der Waals surface area contributed by atoms with Crippen molar-refractivity contribution in [1.29, 1.82) is 0 Å². The Balaban J connectivity index is 1.89. The number of allylic oxidation sites excluding steroid dienone is 4. The van der Waals surface area contributed by atoms with Crippen LogP contribution in [0.15, 0.2) is 109 Å². The number of halogens is 2. The quantitative estimate of drug-likeness (QED) is 0.183. The second-order valence-electron chi connectivity index (χ2n) is 18.2. The number of hydrogen-bond donors (Lipinski definition) is 0. The van der Waals surface area contributed by atoms with E-state index in [1.807, 2.05) is 0 Å². The molecule has 262 valence electrons. The summed E-state index contributed by atoms with van der Waals surface area (Å²) in [6.07, 6.45) is 8.98. The Morgan fingerprint density at radius 3 is 1.24 bits per heavy atom. The Hall–Kier alpha value is -2.31. The maximum absolute atomic E-state index is 9.10. The van der Waals surface area contributed by atoms with E-state index in [1.54, 1.807) is 0 Å². The summed E-state index contributed by atoms with van der Waals surface area (Å²) in [7, 11) is 18.2. The second kappa shape index (κ2) is 12.4. The van der Waals surface area contributed by atoms with Crippen molar-refractivity contribution in [3.05, 3.63) is 154 Å². The van der Waals surface area contributed by atoms with Gasteiger partial charge < -0.3 is 0 Å². The molecule has 0 spiro atoms. The molecule has 0 atom stereocenters. The molecule has 0 bridgehead atoms. The molecule has 6 rings (SSSR count). The van der Waals surface area contributed by atoms with E-state index in [1.165, 1.54) is 58.8 Å². The van der Waals surface area contributed by atoms with Gasteiger partial charge in [-0.05, 0) is 0 Å². The number of aryl methyl sites for hydroxylation is 2. The van der Waals surface area contributed by atoms with Gasteiger partial charge in [-0.3, -0.25) is 0 Å². The summed E-state index contributed by atoms with van der Waals surface area (Å²) in [5, 5.41) is 0. The van der Waals surface area contributed by atoms with Gasteiger partial charge in [0, 0.05) is 0 Å². The first-order valence-electron chi connectivity index (χ1n) is 18.3. The van der Waals surface area contributed by atoms with Gasteiger partial charge >= 0.3 is 313 Å². The standard InChI is InChI=1S/C23H29.C19H22.C5H5.2ClH.Zr/c1-14-9-16-11-17-10-15(2)21(23(6,7)8)13-19(17)18(16)12-20(14)22(3,4)5;1-18(2,16-11-7-5-8-12-16)15-19(3,4)17-13-9-6-10-14-17;1-2-4-5-3-1;;;/h9-13H,1-8H3;5-14H,1-4H3;1-5H;2*1H;/q;;;;;+2/p-2. The van der Waals surface area contributed by atoms with Crippen molar-refractivity contribution in [2.75, 3.05) is 0 Å². The number of hydrogen-bond acceptors (Lipinski definition) is 0. The van der Waals surface area contributed by atoms with E-state index in [9.17, 15) is 0 Å². The number of benzene rings is 4. The van der Waals surface area contributed by atoms with Gasteiger partial charge in [-0.1, -0.05) is 0 Å². The van der Waals surface area contributed by atoms with Gasteiger partial charge in [0.2, 0.25) is 0 Å². The molecule has 0 saturated heterocycles. The van der Waals surface area contributed by atoms with Gasteiger partial charge in [0.15, 0.2) is 0 Å². The second-order valence-corrected chi connectivity index (χ2v) is 39.0. The van der Waals surface area contributed by atoms with Gasteiger partial charge in [0.25, 0.3) is 0 Å². The van der Waals surface area contributed by atoms with Crippen molar-refractivity contribution in [3.8, 4) is 11.1 Å². The van der Waals surface area contributed by atoms with Crippen LogP contribution < -0.4 is 0 Å². The van der Waals surface area contributed by atoms with Crippen LogP contribution in [-0.2, 0) is 37.6 Å². The summed E-state index contributed by atoms with van der Waals surface area (Å²) in [5.74, 6) is 0. The minimum atomic E-state index is -5.57. The fourth-order valence-electron chi connectivity index (χ4n) is 10.0. The molecule has 0 radical (unpaired) electrons. The third-order valence-electron chi connectivity index (χ3n) is 11.9. The first-order chi connectivity index (χ1) is 23.1. The fraction of sp³-hybridized carbons (Fsp3) is 0.383. The van der Waals surface area contributed by atoms with Crippen LogP contribution in [0.1, 0.15) is 117 Å². The van der Waals surface area contributed by atoms with Crippen molar-refractivity contribution < 1.29 is 15.9 Å². The molecule has 0 unspecified atom stereocenters. The Bertz CT molecular complexity index is 1950. The molecule has 0 saturated carbocycles. The monoisotopic (exact) mass is 780 g/mol. The van der Waals surface area contributed by atoms with E-state index in [4.69, 9.17) is 17.0 Å². The Morgan fingerprint density at radius 1 is 0.540 bits per heavy atom. The average Bonchev–Trinajstić information content (AvgIpc) is 3.67. The van der Waals surface area contributed by atoms with Crippen molar-refractivity contribution in [1.82, 2.24) is 0 Å². The van der Waals surface area contributed by atoms with Crippen LogP contribution in [0.3, 0.4) is 0 Å². The average molecular weight is 783 g/mol. The number of fused-ring (bicyclic) bond motifs is 3. The Morgan fingerprint density at radius 2 is 0.900 bits per heavy atom. The molecule has 50 heavy (non-hydrogen) atoms. The Kier molecular flexibility index (Phi) is 9.28. The van der Waals surface area contributed by atoms with Crippen LogP contribution in [0, 0.1) is 13.8 Å². The molecule has 2 aliphatic carbocycles. The summed E-state index contributed by atoms with van der Waals surface area (Å²) in [5.41, 5.74) is 12.1. The molecule has 4 aromatic rings. The van der Waals surface area contributed by atoms with E-state index in [2.05, 4.69) is 192 Å². The minimum absolute atomic E-state index is 0.00626. The van der Waals surface area contributed by atoms with Gasteiger partial charge in [-0.2, -0.15) is 0 Å². The summed E-state index contributed by atoms with van der Waals surface area (Å²) in [6.45, 7) is 28.0. The molecular formula is C47H56Cl2Zr. The zero-order chi connectivity index (χ0) is 36.7. The normalized spacial score (nSPS) is 15.8. The van der Waals surface area contributed by atoms with Crippen LogP contribution in [-0.4, -0.2) is 3.21 Å². The molecule has 0 aromatic heterocycles. The van der Waals surface area contributed by atoms with Gasteiger partial charge in [-0.25, -0.2) is 0 Å². The summed E-state index contributed by atoms with van der Waals surface area (Å²) >= 11 is -5.57. The molecule has 0 nitrogen and oxygen atoms in total. The molecule has 0 amide bonds. The molecule has 2 aliphatic rings. The molecule has 4 aromatic carbocycles. The van der Waals surface area contributed by atoms with Crippen molar-refractivity contribution in [2.24, 2.45) is 0 Å². The molecule has 0 N–H and O–H groups in total. The van der Waals surface area contributed by atoms with Crippen LogP contribution in [0.4, 0.5) is 0 Å². The van der Waals surface area contributed by atoms with Gasteiger partial charge in [0.1, 0.15) is 0 Å². The third kappa shape index (κ3) is 5.87. The van der Waals surface area contributed by atoms with E-state index in [0.29, 0.717) is 0 Å². The van der Waals surface area contributed by atoms with Crippen LogP contribution in [0.2, 0.25) is 3.63 Å². The van der Waals surface area contributed by atoms with E-state index in [0.717, 1.165) is 0 Å². The van der Waals surface area contributed by atoms with Crippen molar-refractivity contribution in [2.45, 2.75) is 112 Å². The van der Waals surface area contributed by atoms with Crippen molar-refractivity contribution in [3.63, 3.8) is 0 Å². The third-order valence-corrected chi connectivity index (χ3v) is 33.2. The number of rotatable bonds is 6. The van der Waals surface area contributed by atoms with Crippen LogP contribution in [0.5, 0.6) is 0 Å². The first kappa shape index (κ1) is 37.5. The zero-order valence-electron chi connectivity index (χ0n) is 32.3. The summed E-state index contributed by atoms with van der Waals surface area (Å²) < 4.78 is 1.06. The van der Waals surface area contributed by atoms with E-state index < -0.39 is 26.7 Å². The molecule has 0 fully saturated rings. The van der Waals surface area contributed by atoms with E-state index >= 15 is 0 Å². The molecular weight excluding hydrogens is 727 g/mol. The van der Waals surface area contributed by atoms with E-state index in [-0.39, 0.29) is 18.1 Å². The maximum atomic E-state index is 9.10. The molecule has 0 aliphatic heterocycles.